The first-order valence-electron chi connectivity index (χ1n) is 8.21. The molecule has 7 heteroatoms. The Labute approximate surface area is 160 Å². The van der Waals surface area contributed by atoms with Crippen LogP contribution in [0.5, 0.6) is 0 Å². The van der Waals surface area contributed by atoms with E-state index in [-0.39, 0.29) is 11.7 Å². The first-order valence-corrected chi connectivity index (χ1v) is 9.89. The highest BCUT2D eigenvalue weighted by Gasteiger charge is 2.23. The highest BCUT2D eigenvalue weighted by Crippen LogP contribution is 2.22. The summed E-state index contributed by atoms with van der Waals surface area (Å²) >= 11 is 5.13. The number of thiophene rings is 1. The molecule has 0 bridgehead atoms. The van der Waals surface area contributed by atoms with Crippen molar-refractivity contribution >= 4 is 38.9 Å². The van der Waals surface area contributed by atoms with Crippen molar-refractivity contribution in [2.45, 2.75) is 6.54 Å². The quantitative estimate of drug-likeness (QED) is 0.733. The minimum Gasteiger partial charge on any atom is -0.366 e. The van der Waals surface area contributed by atoms with Crippen LogP contribution >= 0.6 is 27.3 Å². The molecule has 1 aliphatic heterocycles. The van der Waals surface area contributed by atoms with E-state index in [1.807, 2.05) is 33.2 Å². The Morgan fingerprint density at radius 1 is 1.28 bits per heavy atom. The van der Waals surface area contributed by atoms with Gasteiger partial charge < -0.3 is 9.80 Å². The molecule has 1 fully saturated rings. The fourth-order valence-corrected chi connectivity index (χ4v) is 4.52. The third-order valence-electron chi connectivity index (χ3n) is 4.28. The van der Waals surface area contributed by atoms with Crippen molar-refractivity contribution in [3.8, 4) is 0 Å². The summed E-state index contributed by atoms with van der Waals surface area (Å²) in [6.07, 6.45) is 0. The lowest BCUT2D eigenvalue weighted by Crippen LogP contribution is -2.51. The molecule has 1 aromatic carbocycles. The number of rotatable bonds is 5. The highest BCUT2D eigenvalue weighted by molar-refractivity contribution is 9.10. The van der Waals surface area contributed by atoms with Gasteiger partial charge in [0.05, 0.1) is 12.2 Å². The van der Waals surface area contributed by atoms with E-state index < -0.39 is 0 Å². The molecule has 1 saturated heterocycles. The number of halogens is 2. The molecule has 134 valence electrons. The smallest absolute Gasteiger partial charge is 0.236 e. The molecule has 0 spiro atoms. The van der Waals surface area contributed by atoms with Crippen LogP contribution in [0, 0.1) is 5.82 Å². The van der Waals surface area contributed by atoms with E-state index in [0.29, 0.717) is 38.4 Å². The number of amides is 1. The molecule has 2 aromatic rings. The second-order valence-corrected chi connectivity index (χ2v) is 8.13. The minimum atomic E-state index is -0.205. The molecular weight excluding hydrogens is 405 g/mol. The summed E-state index contributed by atoms with van der Waals surface area (Å²) in [6, 6.07) is 8.89. The lowest BCUT2D eigenvalue weighted by Gasteiger charge is -2.36. The first-order chi connectivity index (χ1) is 12.0. The fraction of sp³-hybridized carbons (Fsp3) is 0.389. The van der Waals surface area contributed by atoms with E-state index in [2.05, 4.69) is 22.0 Å². The van der Waals surface area contributed by atoms with Crippen LogP contribution in [0.1, 0.15) is 4.88 Å². The second-order valence-electron chi connectivity index (χ2n) is 6.22. The van der Waals surface area contributed by atoms with Crippen LogP contribution < -0.4 is 4.90 Å². The molecule has 4 nitrogen and oxygen atoms in total. The zero-order valence-electron chi connectivity index (χ0n) is 14.1. The average Bonchev–Trinajstić information content (AvgIpc) is 3.00. The fourth-order valence-electron chi connectivity index (χ4n) is 2.99. The van der Waals surface area contributed by atoms with Gasteiger partial charge >= 0.3 is 0 Å². The summed E-state index contributed by atoms with van der Waals surface area (Å²) < 4.78 is 15.0. The number of carbonyl (C=O) groups excluding carboxylic acids is 1. The van der Waals surface area contributed by atoms with Crippen molar-refractivity contribution in [1.82, 2.24) is 9.80 Å². The molecule has 2 heterocycles. The van der Waals surface area contributed by atoms with E-state index in [0.717, 1.165) is 11.0 Å². The van der Waals surface area contributed by atoms with Gasteiger partial charge in [-0.2, -0.15) is 0 Å². The van der Waals surface area contributed by atoms with Crippen LogP contribution in [0.4, 0.5) is 10.1 Å². The van der Waals surface area contributed by atoms with Gasteiger partial charge in [0.1, 0.15) is 5.82 Å². The van der Waals surface area contributed by atoms with E-state index in [4.69, 9.17) is 0 Å². The number of anilines is 1. The zero-order chi connectivity index (χ0) is 17.8. The number of para-hydroxylation sites is 1. The molecule has 1 aliphatic rings. The van der Waals surface area contributed by atoms with Gasteiger partial charge in [0.2, 0.25) is 5.91 Å². The summed E-state index contributed by atoms with van der Waals surface area (Å²) in [5.41, 5.74) is 0.620. The van der Waals surface area contributed by atoms with Crippen LogP contribution in [0.15, 0.2) is 40.2 Å². The molecular formula is C18H21BrFN3OS. The van der Waals surface area contributed by atoms with E-state index in [1.54, 1.807) is 23.5 Å². The van der Waals surface area contributed by atoms with Gasteiger partial charge in [-0.15, -0.1) is 11.3 Å². The maximum Gasteiger partial charge on any atom is 0.236 e. The van der Waals surface area contributed by atoms with E-state index in [1.165, 1.54) is 10.9 Å². The van der Waals surface area contributed by atoms with Gasteiger partial charge in [0.25, 0.3) is 0 Å². The molecule has 0 atom stereocenters. The van der Waals surface area contributed by atoms with Crippen LogP contribution in [0.25, 0.3) is 0 Å². The molecule has 25 heavy (non-hydrogen) atoms. The van der Waals surface area contributed by atoms with Gasteiger partial charge in [0, 0.05) is 47.5 Å². The number of hydrogen-bond acceptors (Lipinski definition) is 4. The number of carbonyl (C=O) groups is 1. The maximum atomic E-state index is 13.9. The first kappa shape index (κ1) is 18.4. The SMILES string of the molecule is CN(CC(=O)N1CCN(c2ccccc2F)CC1)Cc1cc(Br)cs1. The average molecular weight is 426 g/mol. The Bertz CT molecular complexity index is 731. The Morgan fingerprint density at radius 2 is 2.00 bits per heavy atom. The van der Waals surface area contributed by atoms with Crippen molar-refractivity contribution < 1.29 is 9.18 Å². The van der Waals surface area contributed by atoms with Crippen molar-refractivity contribution in [3.63, 3.8) is 0 Å². The van der Waals surface area contributed by atoms with Crippen molar-refractivity contribution in [1.29, 1.82) is 0 Å². The van der Waals surface area contributed by atoms with Gasteiger partial charge in [-0.1, -0.05) is 12.1 Å². The van der Waals surface area contributed by atoms with Crippen molar-refractivity contribution in [2.75, 3.05) is 44.7 Å². The topological polar surface area (TPSA) is 26.8 Å². The Morgan fingerprint density at radius 3 is 2.64 bits per heavy atom. The zero-order valence-corrected chi connectivity index (χ0v) is 16.5. The monoisotopic (exact) mass is 425 g/mol. The minimum absolute atomic E-state index is 0.131. The normalized spacial score (nSPS) is 15.0. The molecule has 0 unspecified atom stereocenters. The Hall–Kier alpha value is -1.44. The largest absolute Gasteiger partial charge is 0.366 e. The summed E-state index contributed by atoms with van der Waals surface area (Å²) in [5, 5.41) is 2.05. The van der Waals surface area contributed by atoms with Crippen LogP contribution in [-0.4, -0.2) is 55.5 Å². The summed E-state index contributed by atoms with van der Waals surface area (Å²) in [5.74, 6) is -0.0737. The molecule has 1 amide bonds. The predicted octanol–water partition coefficient (Wildman–Crippen LogP) is 3.43. The number of benzene rings is 1. The molecule has 1 aromatic heterocycles. The highest BCUT2D eigenvalue weighted by atomic mass is 79.9. The Kier molecular flexibility index (Phi) is 6.09. The van der Waals surface area contributed by atoms with E-state index in [9.17, 15) is 9.18 Å². The van der Waals surface area contributed by atoms with Crippen molar-refractivity contribution in [3.05, 3.63) is 50.9 Å². The van der Waals surface area contributed by atoms with Crippen LogP contribution in [-0.2, 0) is 11.3 Å². The summed E-state index contributed by atoms with van der Waals surface area (Å²) in [7, 11) is 1.96. The lowest BCUT2D eigenvalue weighted by atomic mass is 10.2. The molecule has 0 aliphatic carbocycles. The van der Waals surface area contributed by atoms with Gasteiger partial charge in [-0.05, 0) is 41.2 Å². The number of likely N-dealkylation sites (N-methyl/N-ethyl adjacent to an activating group) is 1. The third-order valence-corrected chi connectivity index (χ3v) is 5.96. The Balaban J connectivity index is 1.49. The molecule has 3 rings (SSSR count). The van der Waals surface area contributed by atoms with Gasteiger partial charge in [-0.3, -0.25) is 9.69 Å². The maximum absolute atomic E-state index is 13.9. The number of nitrogens with zero attached hydrogens (tertiary/aromatic N) is 3. The summed E-state index contributed by atoms with van der Waals surface area (Å²) in [6.45, 7) is 3.74. The summed E-state index contributed by atoms with van der Waals surface area (Å²) in [4.78, 5) is 19.6. The van der Waals surface area contributed by atoms with Crippen molar-refractivity contribution in [2.24, 2.45) is 0 Å². The molecule has 0 saturated carbocycles. The van der Waals surface area contributed by atoms with E-state index >= 15 is 0 Å². The predicted molar refractivity (Wildman–Crippen MR) is 104 cm³/mol. The second kappa shape index (κ2) is 8.29. The third kappa shape index (κ3) is 4.80. The standard InChI is InChI=1S/C18H21BrFN3OS/c1-21(11-15-10-14(19)13-25-15)12-18(24)23-8-6-22(7-9-23)17-5-3-2-4-16(17)20/h2-5,10,13H,6-9,11-12H2,1H3. The van der Waals surface area contributed by atoms with Crippen LogP contribution in [0.3, 0.4) is 0 Å². The van der Waals surface area contributed by atoms with Gasteiger partial charge in [0.15, 0.2) is 0 Å². The molecule has 0 N–H and O–H groups in total. The van der Waals surface area contributed by atoms with Gasteiger partial charge in [-0.25, -0.2) is 4.39 Å². The molecule has 0 radical (unpaired) electrons. The lowest BCUT2D eigenvalue weighted by molar-refractivity contribution is -0.132. The van der Waals surface area contributed by atoms with Crippen LogP contribution in [0.2, 0.25) is 0 Å². The number of piperazine rings is 1. The number of hydrogen-bond donors (Lipinski definition) is 0.